The average molecular weight is 423 g/mol. The largest absolute Gasteiger partial charge is 0.497 e. The number of hydrogen-bond donors (Lipinski definition) is 3. The van der Waals surface area contributed by atoms with Crippen LogP contribution >= 0.6 is 0 Å². The lowest BCUT2D eigenvalue weighted by molar-refractivity contribution is 0.0954. The molecule has 1 aliphatic rings. The lowest BCUT2D eigenvalue weighted by Crippen LogP contribution is -2.47. The summed E-state index contributed by atoms with van der Waals surface area (Å²) in [4.78, 5) is 16.8. The number of hydrogen-bond acceptors (Lipinski definition) is 4. The molecule has 0 aromatic heterocycles. The molecule has 0 radical (unpaired) electrons. The fraction of sp³-hybridized carbons (Fsp3) is 0.619. The van der Waals surface area contributed by atoms with Crippen molar-refractivity contribution in [2.24, 2.45) is 4.99 Å². The van der Waals surface area contributed by atoms with Crippen molar-refractivity contribution in [2.75, 3.05) is 32.5 Å². The molecule has 1 aromatic rings. The maximum absolute atomic E-state index is 12.3. The van der Waals surface area contributed by atoms with Gasteiger partial charge in [-0.2, -0.15) is 0 Å². The zero-order valence-electron chi connectivity index (χ0n) is 17.7. The van der Waals surface area contributed by atoms with Gasteiger partial charge in [-0.05, 0) is 44.4 Å². The molecule has 162 valence electrons. The maximum Gasteiger partial charge on any atom is 0.251 e. The van der Waals surface area contributed by atoms with Crippen LogP contribution in [-0.4, -0.2) is 59.9 Å². The van der Waals surface area contributed by atoms with Gasteiger partial charge in [0.15, 0.2) is 5.96 Å². The van der Waals surface area contributed by atoms with E-state index < -0.39 is 10.8 Å². The molecule has 3 N–H and O–H groups in total. The highest BCUT2D eigenvalue weighted by Gasteiger charge is 2.26. The minimum Gasteiger partial charge on any atom is -0.497 e. The zero-order chi connectivity index (χ0) is 21.1. The summed E-state index contributed by atoms with van der Waals surface area (Å²) in [6.45, 7) is 5.69. The summed E-state index contributed by atoms with van der Waals surface area (Å²) in [7, 11) is 0.837. The summed E-state index contributed by atoms with van der Waals surface area (Å²) in [6, 6.07) is 7.35. The fourth-order valence-electron chi connectivity index (χ4n) is 3.47. The third-order valence-corrected chi connectivity index (χ3v) is 6.71. The summed E-state index contributed by atoms with van der Waals surface area (Å²) >= 11 is 0. The van der Waals surface area contributed by atoms with Gasteiger partial charge in [-0.1, -0.05) is 19.4 Å². The van der Waals surface area contributed by atoms with E-state index in [0.29, 0.717) is 24.4 Å². The van der Waals surface area contributed by atoms with Crippen LogP contribution < -0.4 is 20.7 Å². The molecule has 3 atom stereocenters. The van der Waals surface area contributed by atoms with Crippen molar-refractivity contribution in [2.45, 2.75) is 50.8 Å². The van der Waals surface area contributed by atoms with Crippen LogP contribution in [-0.2, 0) is 10.8 Å². The van der Waals surface area contributed by atoms with Crippen molar-refractivity contribution in [1.82, 2.24) is 16.0 Å². The minimum absolute atomic E-state index is 0.144. The van der Waals surface area contributed by atoms with Gasteiger partial charge in [0, 0.05) is 46.5 Å². The predicted octanol–water partition coefficient (Wildman–Crippen LogP) is 2.06. The summed E-state index contributed by atoms with van der Waals surface area (Å²) < 4.78 is 17.3. The molecule has 0 saturated heterocycles. The Hall–Kier alpha value is -2.09. The van der Waals surface area contributed by atoms with E-state index in [1.807, 2.05) is 13.8 Å². The van der Waals surface area contributed by atoms with Gasteiger partial charge < -0.3 is 20.7 Å². The SMILES string of the molecule is CCNC(=NCCNC(=O)c1cccc(OC)c1)NC1CCCC(S(=O)CC)C1. The van der Waals surface area contributed by atoms with Crippen molar-refractivity contribution >= 4 is 22.7 Å². The van der Waals surface area contributed by atoms with Gasteiger partial charge >= 0.3 is 0 Å². The van der Waals surface area contributed by atoms with Crippen LogP contribution in [0.5, 0.6) is 5.75 Å². The smallest absolute Gasteiger partial charge is 0.251 e. The molecule has 0 aliphatic heterocycles. The van der Waals surface area contributed by atoms with Gasteiger partial charge in [0.1, 0.15) is 5.75 Å². The van der Waals surface area contributed by atoms with Crippen LogP contribution in [0.1, 0.15) is 49.9 Å². The van der Waals surface area contributed by atoms with Gasteiger partial charge in [-0.25, -0.2) is 0 Å². The van der Waals surface area contributed by atoms with E-state index in [2.05, 4.69) is 20.9 Å². The molecule has 1 aromatic carbocycles. The quantitative estimate of drug-likeness (QED) is 0.322. The van der Waals surface area contributed by atoms with E-state index in [9.17, 15) is 9.00 Å². The Morgan fingerprint density at radius 3 is 2.83 bits per heavy atom. The second-order valence-electron chi connectivity index (χ2n) is 7.05. The first-order valence-electron chi connectivity index (χ1n) is 10.4. The number of ether oxygens (including phenoxy) is 1. The Kier molecular flexibility index (Phi) is 9.97. The summed E-state index contributed by atoms with van der Waals surface area (Å²) in [6.07, 6.45) is 4.11. The Balaban J connectivity index is 1.83. The van der Waals surface area contributed by atoms with E-state index >= 15 is 0 Å². The molecule has 1 amide bonds. The van der Waals surface area contributed by atoms with E-state index in [4.69, 9.17) is 4.74 Å². The molecule has 7 nitrogen and oxygen atoms in total. The molecule has 1 fully saturated rings. The lowest BCUT2D eigenvalue weighted by atomic mass is 9.95. The molecule has 2 rings (SSSR count). The first kappa shape index (κ1) is 23.2. The number of nitrogens with zero attached hydrogens (tertiary/aromatic N) is 1. The monoisotopic (exact) mass is 422 g/mol. The summed E-state index contributed by atoms with van der Waals surface area (Å²) in [5.41, 5.74) is 0.565. The second kappa shape index (κ2) is 12.5. The van der Waals surface area contributed by atoms with E-state index in [1.165, 1.54) is 0 Å². The van der Waals surface area contributed by atoms with Gasteiger partial charge in [0.05, 0.1) is 13.7 Å². The van der Waals surface area contributed by atoms with Crippen LogP contribution in [0.2, 0.25) is 0 Å². The van der Waals surface area contributed by atoms with Gasteiger partial charge in [0.2, 0.25) is 0 Å². The second-order valence-corrected chi connectivity index (χ2v) is 9.05. The number of aliphatic imine (C=N–C) groups is 1. The van der Waals surface area contributed by atoms with Crippen molar-refractivity contribution in [3.63, 3.8) is 0 Å². The minimum atomic E-state index is -0.742. The summed E-state index contributed by atoms with van der Waals surface area (Å²) in [5.74, 6) is 1.98. The number of methoxy groups -OCH3 is 1. The number of carbonyl (C=O) groups excluding carboxylic acids is 1. The first-order valence-corrected chi connectivity index (χ1v) is 11.8. The number of nitrogens with one attached hydrogen (secondary N) is 3. The van der Waals surface area contributed by atoms with Gasteiger partial charge in [-0.3, -0.25) is 14.0 Å². The Morgan fingerprint density at radius 1 is 1.28 bits per heavy atom. The van der Waals surface area contributed by atoms with Crippen LogP contribution in [0.15, 0.2) is 29.3 Å². The highest BCUT2D eigenvalue weighted by atomic mass is 32.2. The van der Waals surface area contributed by atoms with Crippen LogP contribution in [0.4, 0.5) is 0 Å². The van der Waals surface area contributed by atoms with Crippen molar-refractivity contribution in [1.29, 1.82) is 0 Å². The highest BCUT2D eigenvalue weighted by Crippen LogP contribution is 2.23. The zero-order valence-corrected chi connectivity index (χ0v) is 18.5. The number of guanidine groups is 1. The molecule has 1 saturated carbocycles. The average Bonchev–Trinajstić information content (AvgIpc) is 2.76. The predicted molar refractivity (Wildman–Crippen MR) is 119 cm³/mol. The van der Waals surface area contributed by atoms with Crippen LogP contribution in [0.25, 0.3) is 0 Å². The van der Waals surface area contributed by atoms with E-state index in [0.717, 1.165) is 43.9 Å². The highest BCUT2D eigenvalue weighted by molar-refractivity contribution is 7.85. The number of benzene rings is 1. The lowest BCUT2D eigenvalue weighted by Gasteiger charge is -2.30. The van der Waals surface area contributed by atoms with Crippen LogP contribution in [0, 0.1) is 0 Å². The molecule has 0 heterocycles. The Bertz CT molecular complexity index is 711. The van der Waals surface area contributed by atoms with Crippen molar-refractivity contribution < 1.29 is 13.7 Å². The molecule has 29 heavy (non-hydrogen) atoms. The van der Waals surface area contributed by atoms with Gasteiger partial charge in [-0.15, -0.1) is 0 Å². The molecular formula is C21H34N4O3S. The summed E-state index contributed by atoms with van der Waals surface area (Å²) in [5, 5.41) is 9.89. The Labute approximate surface area is 176 Å². The van der Waals surface area contributed by atoms with Crippen molar-refractivity contribution in [3.8, 4) is 5.75 Å². The number of rotatable bonds is 9. The molecule has 1 aliphatic carbocycles. The Morgan fingerprint density at radius 2 is 2.10 bits per heavy atom. The normalized spacial score (nSPS) is 20.6. The van der Waals surface area contributed by atoms with Gasteiger partial charge in [0.25, 0.3) is 5.91 Å². The third-order valence-electron chi connectivity index (χ3n) is 4.97. The molecule has 3 unspecified atom stereocenters. The first-order chi connectivity index (χ1) is 14.1. The maximum atomic E-state index is 12.3. The third kappa shape index (κ3) is 7.68. The molecule has 0 bridgehead atoms. The van der Waals surface area contributed by atoms with Crippen molar-refractivity contribution in [3.05, 3.63) is 29.8 Å². The fourth-order valence-corrected chi connectivity index (χ4v) is 4.82. The number of amides is 1. The molecular weight excluding hydrogens is 388 g/mol. The molecule has 8 heteroatoms. The van der Waals surface area contributed by atoms with Crippen LogP contribution in [0.3, 0.4) is 0 Å². The topological polar surface area (TPSA) is 91.8 Å². The van der Waals surface area contributed by atoms with E-state index in [-0.39, 0.29) is 17.2 Å². The van der Waals surface area contributed by atoms with E-state index in [1.54, 1.807) is 31.4 Å². The molecule has 0 spiro atoms. The number of carbonyl (C=O) groups is 1. The standard InChI is InChI=1S/C21H34N4O3S/c1-4-22-21(25-17-9-7-11-19(15-17)29(27)5-2)24-13-12-23-20(26)16-8-6-10-18(14-16)28-3/h6,8,10,14,17,19H,4-5,7,9,11-13,15H2,1-3H3,(H,23,26)(H2,22,24,25).